The van der Waals surface area contributed by atoms with Crippen molar-refractivity contribution in [2.75, 3.05) is 0 Å². The second-order valence-corrected chi connectivity index (χ2v) is 7.66. The Balaban J connectivity index is 2.26. The lowest BCUT2D eigenvalue weighted by Gasteiger charge is -2.16. The third kappa shape index (κ3) is 6.42. The van der Waals surface area contributed by atoms with E-state index < -0.39 is 11.8 Å². The van der Waals surface area contributed by atoms with Crippen molar-refractivity contribution < 1.29 is 14.3 Å². The van der Waals surface area contributed by atoms with Gasteiger partial charge in [0.2, 0.25) is 0 Å². The first-order valence-corrected chi connectivity index (χ1v) is 10.5. The van der Waals surface area contributed by atoms with E-state index in [1.165, 1.54) is 0 Å². The molecule has 0 aliphatic heterocycles. The Morgan fingerprint density at radius 1 is 0.966 bits per heavy atom. The second-order valence-electron chi connectivity index (χ2n) is 7.66. The molecule has 1 unspecified atom stereocenters. The van der Waals surface area contributed by atoms with Crippen LogP contribution in [-0.4, -0.2) is 11.8 Å². The molecule has 0 aliphatic rings. The molecule has 3 nitrogen and oxygen atoms in total. The van der Waals surface area contributed by atoms with Gasteiger partial charge in [0.1, 0.15) is 6.61 Å². The summed E-state index contributed by atoms with van der Waals surface area (Å²) in [4.78, 5) is 25.3. The van der Waals surface area contributed by atoms with Gasteiger partial charge in [-0.25, -0.2) is 4.79 Å². The number of rotatable bonds is 10. The summed E-state index contributed by atoms with van der Waals surface area (Å²) in [5, 5.41) is 0. The van der Waals surface area contributed by atoms with Crippen molar-refractivity contribution in [3.8, 4) is 0 Å². The number of benzene rings is 2. The first kappa shape index (κ1) is 22.6. The third-order valence-corrected chi connectivity index (χ3v) is 5.45. The van der Waals surface area contributed by atoms with Crippen molar-refractivity contribution in [2.45, 2.75) is 59.5 Å². The van der Waals surface area contributed by atoms with Crippen LogP contribution in [-0.2, 0) is 16.1 Å². The van der Waals surface area contributed by atoms with Crippen molar-refractivity contribution in [3.05, 3.63) is 76.9 Å². The highest BCUT2D eigenvalue weighted by atomic mass is 16.5. The highest BCUT2D eigenvalue weighted by Gasteiger charge is 2.23. The Bertz CT molecular complexity index is 836. The molecule has 2 rings (SSSR count). The highest BCUT2D eigenvalue weighted by Crippen LogP contribution is 2.28. The van der Waals surface area contributed by atoms with Gasteiger partial charge in [0.15, 0.2) is 0 Å². The number of Topliss-reactive ketones (excluding diaryl/α,β-unsaturated/α-hetero) is 1. The van der Waals surface area contributed by atoms with E-state index in [1.807, 2.05) is 48.5 Å². The molecule has 0 fully saturated rings. The van der Waals surface area contributed by atoms with Crippen LogP contribution in [0, 0.1) is 5.92 Å². The number of hydrogen-bond acceptors (Lipinski definition) is 3. The maximum absolute atomic E-state index is 12.9. The van der Waals surface area contributed by atoms with E-state index in [-0.39, 0.29) is 6.61 Å². The Labute approximate surface area is 174 Å². The summed E-state index contributed by atoms with van der Waals surface area (Å²) in [7, 11) is 0. The number of allylic oxidation sites excluding steroid dienone is 1. The van der Waals surface area contributed by atoms with Gasteiger partial charge < -0.3 is 4.74 Å². The van der Waals surface area contributed by atoms with Crippen LogP contribution in [0.3, 0.4) is 0 Å². The number of esters is 1. The predicted octanol–water partition coefficient (Wildman–Crippen LogP) is 6.58. The fraction of sp³-hybridized carbons (Fsp3) is 0.385. The molecule has 0 aromatic heterocycles. The average Bonchev–Trinajstić information content (AvgIpc) is 2.76. The minimum absolute atomic E-state index is 0.0929. The van der Waals surface area contributed by atoms with Crippen molar-refractivity contribution in [2.24, 2.45) is 5.92 Å². The number of carbonyl (C=O) groups excluding carboxylic acids is 2. The summed E-state index contributed by atoms with van der Waals surface area (Å²) in [6, 6.07) is 15.0. The molecule has 3 heteroatoms. The molecule has 0 bridgehead atoms. The van der Waals surface area contributed by atoms with Crippen molar-refractivity contribution in [3.63, 3.8) is 0 Å². The third-order valence-electron chi connectivity index (χ3n) is 5.45. The van der Waals surface area contributed by atoms with E-state index in [9.17, 15) is 9.59 Å². The van der Waals surface area contributed by atoms with Crippen LogP contribution < -0.4 is 0 Å². The molecule has 0 saturated carbocycles. The van der Waals surface area contributed by atoms with E-state index in [2.05, 4.69) is 33.8 Å². The van der Waals surface area contributed by atoms with Gasteiger partial charge in [-0.2, -0.15) is 0 Å². The van der Waals surface area contributed by atoms with Gasteiger partial charge in [-0.15, -0.1) is 0 Å². The molecule has 2 aromatic rings. The Morgan fingerprint density at radius 2 is 1.69 bits per heavy atom. The topological polar surface area (TPSA) is 43.4 Å². The zero-order chi connectivity index (χ0) is 21.2. The van der Waals surface area contributed by atoms with Crippen LogP contribution in [0.5, 0.6) is 0 Å². The van der Waals surface area contributed by atoms with Crippen LogP contribution in [0.4, 0.5) is 0 Å². The molecule has 0 heterocycles. The van der Waals surface area contributed by atoms with Gasteiger partial charge >= 0.3 is 5.97 Å². The summed E-state index contributed by atoms with van der Waals surface area (Å²) < 4.78 is 5.27. The first-order valence-electron chi connectivity index (χ1n) is 10.5. The van der Waals surface area contributed by atoms with Crippen LogP contribution in [0.2, 0.25) is 0 Å². The smallest absolute Gasteiger partial charge is 0.380 e. The molecule has 0 spiro atoms. The monoisotopic (exact) mass is 392 g/mol. The molecule has 154 valence electrons. The minimum Gasteiger partial charge on any atom is -0.455 e. The molecule has 0 N–H and O–H groups in total. The van der Waals surface area contributed by atoms with E-state index in [4.69, 9.17) is 4.74 Å². The zero-order valence-electron chi connectivity index (χ0n) is 18.0. The molecule has 0 amide bonds. The summed E-state index contributed by atoms with van der Waals surface area (Å²) >= 11 is 0. The van der Waals surface area contributed by atoms with Gasteiger partial charge in [0, 0.05) is 5.56 Å². The summed E-state index contributed by atoms with van der Waals surface area (Å²) in [5.41, 5.74) is 3.21. The molecule has 0 radical (unpaired) electrons. The van der Waals surface area contributed by atoms with Gasteiger partial charge in [0.25, 0.3) is 5.78 Å². The van der Waals surface area contributed by atoms with E-state index in [0.29, 0.717) is 17.4 Å². The Morgan fingerprint density at radius 3 is 2.34 bits per heavy atom. The highest BCUT2D eigenvalue weighted by molar-refractivity contribution is 6.41. The van der Waals surface area contributed by atoms with Crippen LogP contribution >= 0.6 is 0 Å². The summed E-state index contributed by atoms with van der Waals surface area (Å²) in [6.07, 6.45) is 7.13. The molecule has 0 saturated heterocycles. The van der Waals surface area contributed by atoms with Gasteiger partial charge in [0.05, 0.1) is 0 Å². The quantitative estimate of drug-likeness (QED) is 0.261. The predicted molar refractivity (Wildman–Crippen MR) is 119 cm³/mol. The lowest BCUT2D eigenvalue weighted by Crippen LogP contribution is -2.19. The minimum atomic E-state index is -0.813. The standard InChI is InChI=1S/C26H32O3/c1-5-19(3)12-10-16-23-22(20(4)6-2)15-11-17-24(23)25(27)26(28)29-18-21-13-8-7-9-14-21/h7-11,13-17,19-20H,5-6,12,18H2,1-4H3/b16-10-/t19?,20-/m0/s1. The lowest BCUT2D eigenvalue weighted by molar-refractivity contribution is -0.139. The van der Waals surface area contributed by atoms with Gasteiger partial charge in [-0.05, 0) is 41.4 Å². The fourth-order valence-electron chi connectivity index (χ4n) is 3.10. The van der Waals surface area contributed by atoms with Crippen LogP contribution in [0.1, 0.15) is 79.9 Å². The molecule has 0 aliphatic carbocycles. The molecule has 29 heavy (non-hydrogen) atoms. The molecular formula is C26H32O3. The largest absolute Gasteiger partial charge is 0.455 e. The van der Waals surface area contributed by atoms with Crippen molar-refractivity contribution in [1.82, 2.24) is 0 Å². The van der Waals surface area contributed by atoms with E-state index in [0.717, 1.165) is 36.0 Å². The number of hydrogen-bond donors (Lipinski definition) is 0. The number of ether oxygens (including phenoxy) is 1. The molecule has 2 atom stereocenters. The van der Waals surface area contributed by atoms with E-state index >= 15 is 0 Å². The first-order chi connectivity index (χ1) is 14.0. The van der Waals surface area contributed by atoms with Gasteiger partial charge in [-0.1, -0.05) is 94.8 Å². The summed E-state index contributed by atoms with van der Waals surface area (Å²) in [5.74, 6) is -0.524. The van der Waals surface area contributed by atoms with Crippen molar-refractivity contribution >= 4 is 17.8 Å². The van der Waals surface area contributed by atoms with Gasteiger partial charge in [-0.3, -0.25) is 4.79 Å². The number of ketones is 1. The van der Waals surface area contributed by atoms with E-state index in [1.54, 1.807) is 6.07 Å². The Hall–Kier alpha value is -2.68. The van der Waals surface area contributed by atoms with Crippen LogP contribution in [0.25, 0.3) is 6.08 Å². The molecular weight excluding hydrogens is 360 g/mol. The Kier molecular flexibility index (Phi) is 8.85. The number of carbonyl (C=O) groups is 2. The molecule has 2 aromatic carbocycles. The van der Waals surface area contributed by atoms with Crippen molar-refractivity contribution in [1.29, 1.82) is 0 Å². The maximum Gasteiger partial charge on any atom is 0.380 e. The SMILES string of the molecule is CCC(C)C/C=C\c1c(C(=O)C(=O)OCc2ccccc2)cccc1[C@@H](C)CC. The zero-order valence-corrected chi connectivity index (χ0v) is 18.0. The lowest BCUT2D eigenvalue weighted by atomic mass is 9.88. The fourth-order valence-corrected chi connectivity index (χ4v) is 3.10. The normalized spacial score (nSPS) is 13.2. The second kappa shape index (κ2) is 11.4. The maximum atomic E-state index is 12.9. The summed E-state index contributed by atoms with van der Waals surface area (Å²) in [6.45, 7) is 8.74. The van der Waals surface area contributed by atoms with Crippen LogP contribution in [0.15, 0.2) is 54.6 Å². The average molecular weight is 393 g/mol.